The van der Waals surface area contributed by atoms with E-state index in [0.717, 1.165) is 60.6 Å². The number of halogens is 2. The Morgan fingerprint density at radius 3 is 2.73 bits per heavy atom. The molecule has 2 aromatic carbocycles. The summed E-state index contributed by atoms with van der Waals surface area (Å²) in [5.74, 6) is 1.22. The number of esters is 1. The van der Waals surface area contributed by atoms with Crippen LogP contribution in [0.25, 0.3) is 5.69 Å². The second-order valence-electron chi connectivity index (χ2n) is 8.73. The third-order valence-corrected chi connectivity index (χ3v) is 7.89. The molecule has 1 atom stereocenters. The van der Waals surface area contributed by atoms with E-state index in [2.05, 4.69) is 15.1 Å². The van der Waals surface area contributed by atoms with Gasteiger partial charge in [0.2, 0.25) is 0 Å². The van der Waals surface area contributed by atoms with Crippen LogP contribution in [0.1, 0.15) is 35.8 Å². The third-order valence-electron chi connectivity index (χ3n) is 6.42. The Bertz CT molecular complexity index is 1310. The molecular weight excluding hydrogens is 533 g/mol. The first kappa shape index (κ1) is 26.2. The van der Waals surface area contributed by atoms with Crippen LogP contribution in [0, 0.1) is 0 Å². The van der Waals surface area contributed by atoms with Crippen molar-refractivity contribution in [1.82, 2.24) is 19.7 Å². The molecule has 0 radical (unpaired) electrons. The number of ether oxygens (including phenoxy) is 2. The minimum atomic E-state index is -0.433. The quantitative estimate of drug-likeness (QED) is 0.288. The van der Waals surface area contributed by atoms with Crippen LogP contribution in [0.4, 0.5) is 0 Å². The molecule has 0 amide bonds. The zero-order valence-corrected chi connectivity index (χ0v) is 22.7. The van der Waals surface area contributed by atoms with Crippen molar-refractivity contribution in [2.75, 3.05) is 45.7 Å². The van der Waals surface area contributed by atoms with E-state index >= 15 is 0 Å². The van der Waals surface area contributed by atoms with Gasteiger partial charge in [-0.2, -0.15) is 0 Å². The largest absolute Gasteiger partial charge is 0.469 e. The SMILES string of the molecule is COC(=O)CC[C@@H]1N=C(c2ccccc2Cl)c2cc(Cl)ccc2-n2c(SCCN3CCOCC3)nnc21. The molecule has 0 aliphatic carbocycles. The number of rotatable bonds is 8. The minimum absolute atomic E-state index is 0.198. The van der Waals surface area contributed by atoms with Gasteiger partial charge in [0.25, 0.3) is 0 Å². The van der Waals surface area contributed by atoms with Gasteiger partial charge in [-0.3, -0.25) is 19.3 Å². The van der Waals surface area contributed by atoms with E-state index in [4.69, 9.17) is 37.7 Å². The summed E-state index contributed by atoms with van der Waals surface area (Å²) in [7, 11) is 1.39. The van der Waals surface area contributed by atoms with Crippen molar-refractivity contribution in [2.24, 2.45) is 4.99 Å². The summed E-state index contributed by atoms with van der Waals surface area (Å²) in [6.45, 7) is 4.33. The van der Waals surface area contributed by atoms with E-state index in [9.17, 15) is 4.79 Å². The minimum Gasteiger partial charge on any atom is -0.469 e. The lowest BCUT2D eigenvalue weighted by Crippen LogP contribution is -2.37. The fourth-order valence-corrected chi connectivity index (χ4v) is 5.85. The van der Waals surface area contributed by atoms with Crippen LogP contribution in [-0.4, -0.2) is 77.1 Å². The van der Waals surface area contributed by atoms with Crippen molar-refractivity contribution in [3.8, 4) is 5.69 Å². The van der Waals surface area contributed by atoms with Gasteiger partial charge in [0.15, 0.2) is 11.0 Å². The second-order valence-corrected chi connectivity index (χ2v) is 10.6. The predicted molar refractivity (Wildman–Crippen MR) is 145 cm³/mol. The molecule has 2 aliphatic heterocycles. The Hall–Kier alpha value is -2.43. The highest BCUT2D eigenvalue weighted by Gasteiger charge is 2.30. The second kappa shape index (κ2) is 12.0. The van der Waals surface area contributed by atoms with E-state index in [1.165, 1.54) is 7.11 Å². The standard InChI is InChI=1S/C26H27Cl2N5O3S/c1-35-23(34)9-7-21-25-30-31-26(37-15-12-32-10-13-36-14-11-32)33(25)22-8-6-17(27)16-19(22)24(29-21)18-4-2-3-5-20(18)28/h2-6,8,16,21H,7,9-15H2,1H3/t21-/m0/s1. The molecule has 0 unspecified atom stereocenters. The Balaban J connectivity index is 1.56. The molecule has 2 aliphatic rings. The lowest BCUT2D eigenvalue weighted by molar-refractivity contribution is -0.140. The van der Waals surface area contributed by atoms with Crippen LogP contribution in [0.3, 0.4) is 0 Å². The first-order chi connectivity index (χ1) is 18.0. The van der Waals surface area contributed by atoms with Crippen LogP contribution in [0.5, 0.6) is 0 Å². The molecule has 3 aromatic rings. The maximum absolute atomic E-state index is 12.0. The zero-order chi connectivity index (χ0) is 25.8. The van der Waals surface area contributed by atoms with Gasteiger partial charge >= 0.3 is 5.97 Å². The monoisotopic (exact) mass is 559 g/mol. The number of aliphatic imine (C=N–C) groups is 1. The van der Waals surface area contributed by atoms with Crippen molar-refractivity contribution in [3.63, 3.8) is 0 Å². The van der Waals surface area contributed by atoms with Gasteiger partial charge in [0.1, 0.15) is 6.04 Å². The Morgan fingerprint density at radius 1 is 1.14 bits per heavy atom. The highest BCUT2D eigenvalue weighted by atomic mass is 35.5. The first-order valence-corrected chi connectivity index (χ1v) is 13.9. The Morgan fingerprint density at radius 2 is 1.95 bits per heavy atom. The molecular formula is C26H27Cl2N5O3S. The topological polar surface area (TPSA) is 81.8 Å². The number of thioether (sulfide) groups is 1. The molecule has 1 aromatic heterocycles. The molecule has 0 spiro atoms. The lowest BCUT2D eigenvalue weighted by Gasteiger charge is -2.26. The van der Waals surface area contributed by atoms with E-state index in [0.29, 0.717) is 28.0 Å². The van der Waals surface area contributed by atoms with E-state index in [-0.39, 0.29) is 12.4 Å². The molecule has 194 valence electrons. The van der Waals surface area contributed by atoms with E-state index < -0.39 is 6.04 Å². The zero-order valence-electron chi connectivity index (χ0n) is 20.4. The first-order valence-electron chi connectivity index (χ1n) is 12.1. The molecule has 3 heterocycles. The Labute approximate surface area is 230 Å². The molecule has 11 heteroatoms. The van der Waals surface area contributed by atoms with Crippen molar-refractivity contribution in [3.05, 3.63) is 69.5 Å². The molecule has 0 N–H and O–H groups in total. The molecule has 8 nitrogen and oxygen atoms in total. The molecule has 1 saturated heterocycles. The number of morpholine rings is 1. The van der Waals surface area contributed by atoms with E-state index in [1.807, 2.05) is 47.0 Å². The normalized spacial score (nSPS) is 17.5. The highest BCUT2D eigenvalue weighted by Crippen LogP contribution is 2.37. The number of methoxy groups -OCH3 is 1. The Kier molecular flexibility index (Phi) is 8.46. The summed E-state index contributed by atoms with van der Waals surface area (Å²) in [5.41, 5.74) is 3.19. The molecule has 0 saturated carbocycles. The molecule has 37 heavy (non-hydrogen) atoms. The summed E-state index contributed by atoms with van der Waals surface area (Å²) in [6.07, 6.45) is 0.614. The summed E-state index contributed by atoms with van der Waals surface area (Å²) in [5, 5.41) is 11.1. The number of hydrogen-bond acceptors (Lipinski definition) is 8. The van der Waals surface area contributed by atoms with Crippen LogP contribution >= 0.6 is 35.0 Å². The van der Waals surface area contributed by atoms with Crippen LogP contribution in [0.2, 0.25) is 10.0 Å². The van der Waals surface area contributed by atoms with Crippen molar-refractivity contribution >= 4 is 46.6 Å². The number of nitrogens with zero attached hydrogens (tertiary/aromatic N) is 5. The van der Waals surface area contributed by atoms with Crippen molar-refractivity contribution in [2.45, 2.75) is 24.0 Å². The highest BCUT2D eigenvalue weighted by molar-refractivity contribution is 7.99. The molecule has 5 rings (SSSR count). The average Bonchev–Trinajstić information content (AvgIpc) is 3.27. The lowest BCUT2D eigenvalue weighted by atomic mass is 10.00. The van der Waals surface area contributed by atoms with Gasteiger partial charge in [-0.25, -0.2) is 0 Å². The fourth-order valence-electron chi connectivity index (χ4n) is 4.50. The third kappa shape index (κ3) is 5.86. The number of carbonyl (C=O) groups is 1. The van der Waals surface area contributed by atoms with Gasteiger partial charge in [-0.1, -0.05) is 53.2 Å². The number of fused-ring (bicyclic) bond motifs is 3. The van der Waals surface area contributed by atoms with Gasteiger partial charge < -0.3 is 9.47 Å². The van der Waals surface area contributed by atoms with Crippen molar-refractivity contribution in [1.29, 1.82) is 0 Å². The molecule has 1 fully saturated rings. The number of carbonyl (C=O) groups excluding carboxylic acids is 1. The van der Waals surface area contributed by atoms with Crippen LogP contribution in [-0.2, 0) is 14.3 Å². The van der Waals surface area contributed by atoms with Gasteiger partial charge in [0, 0.05) is 53.0 Å². The van der Waals surface area contributed by atoms with Gasteiger partial charge in [-0.05, 0) is 30.7 Å². The number of hydrogen-bond donors (Lipinski definition) is 0. The van der Waals surface area contributed by atoms with E-state index in [1.54, 1.807) is 11.8 Å². The maximum Gasteiger partial charge on any atom is 0.305 e. The number of benzene rings is 2. The predicted octanol–water partition coefficient (Wildman–Crippen LogP) is 4.84. The van der Waals surface area contributed by atoms with Gasteiger partial charge in [-0.15, -0.1) is 10.2 Å². The summed E-state index contributed by atoms with van der Waals surface area (Å²) >= 11 is 14.8. The van der Waals surface area contributed by atoms with Gasteiger partial charge in [0.05, 0.1) is 31.7 Å². The average molecular weight is 561 g/mol. The van der Waals surface area contributed by atoms with Crippen LogP contribution in [0.15, 0.2) is 52.6 Å². The number of aromatic nitrogens is 3. The summed E-state index contributed by atoms with van der Waals surface area (Å²) < 4.78 is 12.4. The summed E-state index contributed by atoms with van der Waals surface area (Å²) in [4.78, 5) is 19.6. The van der Waals surface area contributed by atoms with Crippen LogP contribution < -0.4 is 0 Å². The smallest absolute Gasteiger partial charge is 0.305 e. The maximum atomic E-state index is 12.0. The fraction of sp³-hybridized carbons (Fsp3) is 0.385. The molecule has 0 bridgehead atoms. The van der Waals surface area contributed by atoms with Crippen molar-refractivity contribution < 1.29 is 14.3 Å². The summed E-state index contributed by atoms with van der Waals surface area (Å²) in [6, 6.07) is 12.9.